The largest absolute Gasteiger partial charge is 0.302 e. The molecule has 2 aliphatic heterocycles. The first-order valence-electron chi connectivity index (χ1n) is 5.90. The first kappa shape index (κ1) is 12.6. The maximum absolute atomic E-state index is 11.9. The SMILES string of the molecule is CCN1C(=O)CC(SN2CCC[C@H]2C=O)C1=O. The van der Waals surface area contributed by atoms with Crippen LogP contribution in [-0.2, 0) is 14.4 Å². The Bertz CT molecular complexity index is 348. The molecular weight excluding hydrogens is 240 g/mol. The van der Waals surface area contributed by atoms with Gasteiger partial charge in [0.1, 0.15) is 11.5 Å². The van der Waals surface area contributed by atoms with Gasteiger partial charge in [0.2, 0.25) is 11.8 Å². The highest BCUT2D eigenvalue weighted by molar-refractivity contribution is 7.98. The summed E-state index contributed by atoms with van der Waals surface area (Å²) in [4.78, 5) is 35.6. The van der Waals surface area contributed by atoms with Gasteiger partial charge in [-0.25, -0.2) is 4.31 Å². The molecule has 1 unspecified atom stereocenters. The predicted octanol–water partition coefficient (Wildman–Crippen LogP) is 0.445. The van der Waals surface area contributed by atoms with Gasteiger partial charge in [0.05, 0.1) is 6.04 Å². The molecular formula is C11H16N2O3S. The molecule has 0 aromatic heterocycles. The summed E-state index contributed by atoms with van der Waals surface area (Å²) < 4.78 is 1.95. The summed E-state index contributed by atoms with van der Waals surface area (Å²) in [5.74, 6) is -0.212. The topological polar surface area (TPSA) is 57.7 Å². The molecule has 0 aromatic rings. The summed E-state index contributed by atoms with van der Waals surface area (Å²) in [5, 5.41) is -0.331. The van der Waals surface area contributed by atoms with Crippen LogP contribution in [0.4, 0.5) is 0 Å². The maximum atomic E-state index is 11.9. The van der Waals surface area contributed by atoms with Gasteiger partial charge in [-0.2, -0.15) is 0 Å². The van der Waals surface area contributed by atoms with E-state index in [1.54, 1.807) is 6.92 Å². The van der Waals surface area contributed by atoms with Crippen LogP contribution in [0.15, 0.2) is 0 Å². The minimum atomic E-state index is -0.331. The highest BCUT2D eigenvalue weighted by Crippen LogP contribution is 2.32. The normalized spacial score (nSPS) is 30.3. The van der Waals surface area contributed by atoms with Crippen molar-refractivity contribution in [1.82, 2.24) is 9.21 Å². The molecule has 2 aliphatic rings. The van der Waals surface area contributed by atoms with Crippen molar-refractivity contribution in [2.75, 3.05) is 13.1 Å². The fraction of sp³-hybridized carbons (Fsp3) is 0.727. The zero-order chi connectivity index (χ0) is 12.4. The van der Waals surface area contributed by atoms with E-state index in [9.17, 15) is 14.4 Å². The highest BCUT2D eigenvalue weighted by atomic mass is 32.2. The highest BCUT2D eigenvalue weighted by Gasteiger charge is 2.40. The van der Waals surface area contributed by atoms with Crippen molar-refractivity contribution in [3.05, 3.63) is 0 Å². The van der Waals surface area contributed by atoms with Gasteiger partial charge in [0, 0.05) is 19.5 Å². The van der Waals surface area contributed by atoms with Crippen molar-refractivity contribution < 1.29 is 14.4 Å². The Morgan fingerprint density at radius 1 is 1.47 bits per heavy atom. The fourth-order valence-electron chi connectivity index (χ4n) is 2.26. The summed E-state index contributed by atoms with van der Waals surface area (Å²) in [6.45, 7) is 3.05. The number of carbonyl (C=O) groups is 3. The number of carbonyl (C=O) groups excluding carboxylic acids is 3. The third-order valence-electron chi connectivity index (χ3n) is 3.19. The molecule has 2 saturated heterocycles. The van der Waals surface area contributed by atoms with E-state index in [2.05, 4.69) is 0 Å². The van der Waals surface area contributed by atoms with Crippen LogP contribution in [0.25, 0.3) is 0 Å². The Labute approximate surface area is 105 Å². The Morgan fingerprint density at radius 2 is 2.24 bits per heavy atom. The van der Waals surface area contributed by atoms with E-state index in [4.69, 9.17) is 0 Å². The fourth-order valence-corrected chi connectivity index (χ4v) is 3.57. The summed E-state index contributed by atoms with van der Waals surface area (Å²) in [6, 6.07) is -0.0985. The number of nitrogens with zero attached hydrogens (tertiary/aromatic N) is 2. The molecule has 0 radical (unpaired) electrons. The van der Waals surface area contributed by atoms with Crippen LogP contribution in [0, 0.1) is 0 Å². The second-order valence-electron chi connectivity index (χ2n) is 4.26. The molecule has 2 rings (SSSR count). The van der Waals surface area contributed by atoms with Crippen LogP contribution in [-0.4, -0.2) is 51.7 Å². The number of aldehydes is 1. The van der Waals surface area contributed by atoms with Crippen LogP contribution in [0.5, 0.6) is 0 Å². The van der Waals surface area contributed by atoms with E-state index in [1.165, 1.54) is 16.8 Å². The Morgan fingerprint density at radius 3 is 2.82 bits per heavy atom. The Hall–Kier alpha value is -0.880. The van der Waals surface area contributed by atoms with E-state index in [-0.39, 0.29) is 29.5 Å². The van der Waals surface area contributed by atoms with Gasteiger partial charge in [-0.1, -0.05) is 11.9 Å². The molecule has 0 bridgehead atoms. The van der Waals surface area contributed by atoms with Crippen molar-refractivity contribution in [3.8, 4) is 0 Å². The van der Waals surface area contributed by atoms with Crippen LogP contribution in [0.2, 0.25) is 0 Å². The molecule has 2 fully saturated rings. The molecule has 2 heterocycles. The van der Waals surface area contributed by atoms with Crippen molar-refractivity contribution in [2.24, 2.45) is 0 Å². The summed E-state index contributed by atoms with van der Waals surface area (Å²) in [5.41, 5.74) is 0. The molecule has 6 heteroatoms. The van der Waals surface area contributed by atoms with Gasteiger partial charge in [-0.05, 0) is 19.8 Å². The van der Waals surface area contributed by atoms with Crippen molar-refractivity contribution in [2.45, 2.75) is 37.5 Å². The number of imide groups is 1. The first-order chi connectivity index (χ1) is 8.17. The molecule has 17 heavy (non-hydrogen) atoms. The lowest BCUT2D eigenvalue weighted by Gasteiger charge is -2.21. The summed E-state index contributed by atoms with van der Waals surface area (Å²) >= 11 is 1.37. The number of amides is 2. The van der Waals surface area contributed by atoms with Crippen molar-refractivity contribution in [3.63, 3.8) is 0 Å². The second-order valence-corrected chi connectivity index (χ2v) is 5.51. The zero-order valence-corrected chi connectivity index (χ0v) is 10.6. The molecule has 0 N–H and O–H groups in total. The first-order valence-corrected chi connectivity index (χ1v) is 6.74. The van der Waals surface area contributed by atoms with Crippen LogP contribution >= 0.6 is 11.9 Å². The van der Waals surface area contributed by atoms with Gasteiger partial charge in [0.15, 0.2) is 0 Å². The third kappa shape index (κ3) is 2.37. The van der Waals surface area contributed by atoms with E-state index in [0.717, 1.165) is 25.7 Å². The number of hydrogen-bond donors (Lipinski definition) is 0. The van der Waals surface area contributed by atoms with E-state index in [1.807, 2.05) is 4.31 Å². The average molecular weight is 256 g/mol. The van der Waals surface area contributed by atoms with Gasteiger partial charge < -0.3 is 4.79 Å². The predicted molar refractivity (Wildman–Crippen MR) is 64.2 cm³/mol. The van der Waals surface area contributed by atoms with Gasteiger partial charge in [-0.3, -0.25) is 14.5 Å². The van der Waals surface area contributed by atoms with Crippen LogP contribution in [0.1, 0.15) is 26.2 Å². The van der Waals surface area contributed by atoms with Crippen molar-refractivity contribution >= 4 is 30.0 Å². The van der Waals surface area contributed by atoms with Gasteiger partial charge in [-0.15, -0.1) is 0 Å². The number of rotatable bonds is 4. The lowest BCUT2D eigenvalue weighted by Crippen LogP contribution is -2.33. The van der Waals surface area contributed by atoms with E-state index in [0.29, 0.717) is 6.54 Å². The Kier molecular flexibility index (Phi) is 3.83. The van der Waals surface area contributed by atoms with E-state index >= 15 is 0 Å². The molecule has 2 amide bonds. The standard InChI is InChI=1S/C11H16N2O3S/c1-2-12-10(15)6-9(11(12)16)17-13-5-3-4-8(13)7-14/h7-9H,2-6H2,1H3/t8-,9?/m0/s1. The van der Waals surface area contributed by atoms with Crippen molar-refractivity contribution in [1.29, 1.82) is 0 Å². The van der Waals surface area contributed by atoms with E-state index < -0.39 is 0 Å². The molecule has 0 saturated carbocycles. The summed E-state index contributed by atoms with van der Waals surface area (Å²) in [6.07, 6.45) is 3.02. The van der Waals surface area contributed by atoms with Gasteiger partial charge in [0.25, 0.3) is 0 Å². The second kappa shape index (κ2) is 5.18. The number of likely N-dealkylation sites (tertiary alicyclic amines) is 1. The van der Waals surface area contributed by atoms with Crippen LogP contribution in [0.3, 0.4) is 0 Å². The van der Waals surface area contributed by atoms with Crippen LogP contribution < -0.4 is 0 Å². The molecule has 5 nitrogen and oxygen atoms in total. The number of hydrogen-bond acceptors (Lipinski definition) is 5. The third-order valence-corrected chi connectivity index (χ3v) is 4.53. The average Bonchev–Trinajstić information content (AvgIpc) is 2.85. The minimum absolute atomic E-state index is 0.0985. The lowest BCUT2D eigenvalue weighted by atomic mass is 10.2. The molecule has 0 aromatic carbocycles. The Balaban J connectivity index is 1.98. The molecule has 0 spiro atoms. The maximum Gasteiger partial charge on any atom is 0.244 e. The quantitative estimate of drug-likeness (QED) is 0.415. The summed E-state index contributed by atoms with van der Waals surface area (Å²) in [7, 11) is 0. The zero-order valence-electron chi connectivity index (χ0n) is 9.80. The minimum Gasteiger partial charge on any atom is -0.302 e. The molecule has 0 aliphatic carbocycles. The molecule has 2 atom stereocenters. The lowest BCUT2D eigenvalue weighted by molar-refractivity contribution is -0.137. The molecule has 94 valence electrons. The van der Waals surface area contributed by atoms with Gasteiger partial charge >= 0.3 is 0 Å². The monoisotopic (exact) mass is 256 g/mol. The smallest absolute Gasteiger partial charge is 0.244 e.